The SMILES string of the molecule is NS(=O)(=O)c1cccc(-c2ccc(C3CCN(CC4CCNC4)CC3)cc2)c1-c1nnn[nH]1. The minimum atomic E-state index is -3.95. The zero-order valence-electron chi connectivity index (χ0n) is 18.4. The maximum Gasteiger partial charge on any atom is 0.238 e. The van der Waals surface area contributed by atoms with Gasteiger partial charge in [-0.25, -0.2) is 18.7 Å². The molecule has 0 aliphatic carbocycles. The van der Waals surface area contributed by atoms with E-state index in [0.29, 0.717) is 17.0 Å². The fraction of sp³-hybridized carbons (Fsp3) is 0.435. The fourth-order valence-corrected chi connectivity index (χ4v) is 5.90. The molecule has 33 heavy (non-hydrogen) atoms. The first-order chi connectivity index (χ1) is 16.0. The quantitative estimate of drug-likeness (QED) is 0.505. The van der Waals surface area contributed by atoms with Gasteiger partial charge in [-0.1, -0.05) is 36.4 Å². The molecule has 2 aliphatic heterocycles. The van der Waals surface area contributed by atoms with Crippen molar-refractivity contribution in [1.82, 2.24) is 30.8 Å². The van der Waals surface area contributed by atoms with Crippen LogP contribution < -0.4 is 10.5 Å². The Hall–Kier alpha value is -2.66. The first-order valence-electron chi connectivity index (χ1n) is 11.4. The zero-order chi connectivity index (χ0) is 22.8. The van der Waals surface area contributed by atoms with Gasteiger partial charge in [-0.15, -0.1) is 5.10 Å². The number of H-pyrrole nitrogens is 1. The molecule has 174 valence electrons. The first-order valence-corrected chi connectivity index (χ1v) is 13.0. The van der Waals surface area contributed by atoms with Gasteiger partial charge in [0.05, 0.1) is 4.90 Å². The van der Waals surface area contributed by atoms with Gasteiger partial charge in [0.1, 0.15) is 0 Å². The Labute approximate surface area is 193 Å². The molecule has 3 heterocycles. The van der Waals surface area contributed by atoms with Crippen LogP contribution in [-0.2, 0) is 10.0 Å². The topological polar surface area (TPSA) is 130 Å². The molecule has 0 spiro atoms. The van der Waals surface area contributed by atoms with Gasteiger partial charge in [0, 0.05) is 12.1 Å². The summed E-state index contributed by atoms with van der Waals surface area (Å²) in [6.07, 6.45) is 3.62. The summed E-state index contributed by atoms with van der Waals surface area (Å²) in [5, 5.41) is 22.8. The van der Waals surface area contributed by atoms with Gasteiger partial charge in [0.15, 0.2) is 5.82 Å². The molecule has 3 aromatic rings. The molecule has 1 atom stereocenters. The Morgan fingerprint density at radius 3 is 2.48 bits per heavy atom. The number of nitrogens with two attached hydrogens (primary N) is 1. The van der Waals surface area contributed by atoms with Gasteiger partial charge < -0.3 is 10.2 Å². The second-order valence-electron chi connectivity index (χ2n) is 9.03. The largest absolute Gasteiger partial charge is 0.316 e. The van der Waals surface area contributed by atoms with Crippen molar-refractivity contribution >= 4 is 10.0 Å². The lowest BCUT2D eigenvalue weighted by Gasteiger charge is -2.33. The molecule has 2 aliphatic rings. The summed E-state index contributed by atoms with van der Waals surface area (Å²) < 4.78 is 24.4. The Kier molecular flexibility index (Phi) is 6.24. The van der Waals surface area contributed by atoms with Crippen molar-refractivity contribution in [1.29, 1.82) is 0 Å². The monoisotopic (exact) mass is 467 g/mol. The molecule has 1 unspecified atom stereocenters. The molecule has 5 rings (SSSR count). The number of hydrogen-bond acceptors (Lipinski definition) is 7. The summed E-state index contributed by atoms with van der Waals surface area (Å²) in [5.74, 6) is 1.61. The van der Waals surface area contributed by atoms with Gasteiger partial charge in [-0.05, 0) is 90.5 Å². The summed E-state index contributed by atoms with van der Waals surface area (Å²) in [6, 6.07) is 13.4. The zero-order valence-corrected chi connectivity index (χ0v) is 19.3. The van der Waals surface area contributed by atoms with Crippen molar-refractivity contribution in [2.24, 2.45) is 11.1 Å². The molecular formula is C23H29N7O2S. The van der Waals surface area contributed by atoms with Crippen molar-refractivity contribution < 1.29 is 8.42 Å². The van der Waals surface area contributed by atoms with Crippen LogP contribution in [0.15, 0.2) is 47.4 Å². The number of nitrogens with one attached hydrogen (secondary N) is 2. The van der Waals surface area contributed by atoms with Gasteiger partial charge >= 0.3 is 0 Å². The molecule has 0 radical (unpaired) electrons. The van der Waals surface area contributed by atoms with E-state index in [4.69, 9.17) is 5.14 Å². The number of hydrogen-bond donors (Lipinski definition) is 3. The number of tetrazole rings is 1. The van der Waals surface area contributed by atoms with Crippen LogP contribution in [0.4, 0.5) is 0 Å². The molecule has 9 nitrogen and oxygen atoms in total. The van der Waals surface area contributed by atoms with Crippen LogP contribution >= 0.6 is 0 Å². The van der Waals surface area contributed by atoms with Gasteiger partial charge in [0.25, 0.3) is 0 Å². The standard InChI is InChI=1S/C23H29N7O2S/c24-33(31,32)21-3-1-2-20(22(21)23-26-28-29-27-23)19-6-4-17(5-7-19)18-9-12-30(13-10-18)15-16-8-11-25-14-16/h1-7,16,18,25H,8-15H2,(H2,24,31,32)(H,26,27,28,29). The van der Waals surface area contributed by atoms with E-state index in [0.717, 1.165) is 50.5 Å². The van der Waals surface area contributed by atoms with Crippen molar-refractivity contribution in [2.75, 3.05) is 32.7 Å². The predicted molar refractivity (Wildman–Crippen MR) is 126 cm³/mol. The molecule has 2 fully saturated rings. The number of likely N-dealkylation sites (tertiary alicyclic amines) is 1. The lowest BCUT2D eigenvalue weighted by molar-refractivity contribution is 0.187. The third kappa shape index (κ3) is 4.84. The number of benzene rings is 2. The van der Waals surface area contributed by atoms with Crippen LogP contribution in [-0.4, -0.2) is 66.7 Å². The molecule has 4 N–H and O–H groups in total. The summed E-state index contributed by atoms with van der Waals surface area (Å²) in [5.41, 5.74) is 3.31. The van der Waals surface area contributed by atoms with Gasteiger partial charge in [-0.2, -0.15) is 0 Å². The van der Waals surface area contributed by atoms with Crippen LogP contribution in [0.1, 0.15) is 30.7 Å². The van der Waals surface area contributed by atoms with E-state index < -0.39 is 10.0 Å². The average Bonchev–Trinajstić information content (AvgIpc) is 3.53. The van der Waals surface area contributed by atoms with E-state index in [1.54, 1.807) is 6.07 Å². The molecule has 1 aromatic heterocycles. The number of rotatable bonds is 6. The molecule has 0 amide bonds. The van der Waals surface area contributed by atoms with Crippen LogP contribution in [0.25, 0.3) is 22.5 Å². The second kappa shape index (κ2) is 9.30. The third-order valence-electron chi connectivity index (χ3n) is 6.87. The van der Waals surface area contributed by atoms with Crippen molar-refractivity contribution in [2.45, 2.75) is 30.1 Å². The van der Waals surface area contributed by atoms with E-state index in [-0.39, 0.29) is 10.7 Å². The maximum atomic E-state index is 12.2. The molecular weight excluding hydrogens is 438 g/mol. The highest BCUT2D eigenvalue weighted by Gasteiger charge is 2.25. The number of primary sulfonamides is 1. The Morgan fingerprint density at radius 1 is 1.06 bits per heavy atom. The van der Waals surface area contributed by atoms with E-state index in [2.05, 4.69) is 43.0 Å². The smallest absolute Gasteiger partial charge is 0.238 e. The molecule has 2 saturated heterocycles. The molecule has 0 saturated carbocycles. The normalized spacial score (nSPS) is 20.3. The lowest BCUT2D eigenvalue weighted by atomic mass is 9.87. The summed E-state index contributed by atoms with van der Waals surface area (Å²) in [6.45, 7) is 5.80. The predicted octanol–water partition coefficient (Wildman–Crippen LogP) is 1.97. The number of sulfonamides is 1. The number of nitrogens with zero attached hydrogens (tertiary/aromatic N) is 4. The average molecular weight is 468 g/mol. The highest BCUT2D eigenvalue weighted by Crippen LogP contribution is 2.36. The molecule has 0 bridgehead atoms. The number of piperidine rings is 1. The summed E-state index contributed by atoms with van der Waals surface area (Å²) in [4.78, 5) is 2.60. The maximum absolute atomic E-state index is 12.2. The molecule has 10 heteroatoms. The molecule has 2 aromatic carbocycles. The van der Waals surface area contributed by atoms with E-state index in [9.17, 15) is 8.42 Å². The van der Waals surface area contributed by atoms with Gasteiger partial charge in [0.2, 0.25) is 10.0 Å². The lowest BCUT2D eigenvalue weighted by Crippen LogP contribution is -2.37. The highest BCUT2D eigenvalue weighted by molar-refractivity contribution is 7.89. The number of aromatic nitrogens is 4. The summed E-state index contributed by atoms with van der Waals surface area (Å²) in [7, 11) is -3.95. The third-order valence-corrected chi connectivity index (χ3v) is 7.83. The minimum absolute atomic E-state index is 0.00698. The van der Waals surface area contributed by atoms with Gasteiger partial charge in [-0.3, -0.25) is 0 Å². The van der Waals surface area contributed by atoms with E-state index in [1.807, 2.05) is 18.2 Å². The number of aromatic amines is 1. The first kappa shape index (κ1) is 22.1. The van der Waals surface area contributed by atoms with Crippen LogP contribution in [0.5, 0.6) is 0 Å². The Bertz CT molecular complexity index is 1180. The highest BCUT2D eigenvalue weighted by atomic mass is 32.2. The van der Waals surface area contributed by atoms with Crippen molar-refractivity contribution in [3.63, 3.8) is 0 Å². The summed E-state index contributed by atoms with van der Waals surface area (Å²) >= 11 is 0. The van der Waals surface area contributed by atoms with Crippen LogP contribution in [0.3, 0.4) is 0 Å². The van der Waals surface area contributed by atoms with Crippen LogP contribution in [0.2, 0.25) is 0 Å². The van der Waals surface area contributed by atoms with E-state index in [1.165, 1.54) is 24.6 Å². The Morgan fingerprint density at radius 2 is 1.85 bits per heavy atom. The minimum Gasteiger partial charge on any atom is -0.316 e. The Balaban J connectivity index is 1.35. The fourth-order valence-electron chi connectivity index (χ4n) is 5.14. The van der Waals surface area contributed by atoms with Crippen LogP contribution in [0, 0.1) is 5.92 Å². The van der Waals surface area contributed by atoms with Crippen molar-refractivity contribution in [3.8, 4) is 22.5 Å². The second-order valence-corrected chi connectivity index (χ2v) is 10.6. The van der Waals surface area contributed by atoms with E-state index >= 15 is 0 Å². The van der Waals surface area contributed by atoms with Crippen molar-refractivity contribution in [3.05, 3.63) is 48.0 Å².